The lowest BCUT2D eigenvalue weighted by atomic mass is 10.1. The van der Waals surface area contributed by atoms with E-state index < -0.39 is 32.8 Å². The summed E-state index contributed by atoms with van der Waals surface area (Å²) in [7, 11) is -3.20. The van der Waals surface area contributed by atoms with Gasteiger partial charge in [0.2, 0.25) is 5.91 Å². The van der Waals surface area contributed by atoms with Gasteiger partial charge in [-0.3, -0.25) is 19.3 Å². The largest absolute Gasteiger partial charge is 0.340 e. The van der Waals surface area contributed by atoms with E-state index >= 15 is 0 Å². The predicted molar refractivity (Wildman–Crippen MR) is 81.6 cm³/mol. The molecule has 8 heteroatoms. The molecule has 1 fully saturated rings. The first-order chi connectivity index (χ1) is 10.8. The van der Waals surface area contributed by atoms with Crippen molar-refractivity contribution in [1.29, 1.82) is 0 Å². The molecule has 0 bridgehead atoms. The molecule has 0 aromatic heterocycles. The molecule has 1 saturated heterocycles. The Morgan fingerprint density at radius 3 is 2.22 bits per heavy atom. The molecule has 1 aromatic carbocycles. The molecule has 0 radical (unpaired) electrons. The topological polar surface area (TPSA) is 91.8 Å². The van der Waals surface area contributed by atoms with Gasteiger partial charge in [-0.25, -0.2) is 8.42 Å². The highest BCUT2D eigenvalue weighted by Crippen LogP contribution is 2.23. The van der Waals surface area contributed by atoms with E-state index in [1.165, 1.54) is 4.90 Å². The second-order valence-electron chi connectivity index (χ2n) is 5.82. The van der Waals surface area contributed by atoms with E-state index in [4.69, 9.17) is 0 Å². The molecule has 7 nitrogen and oxygen atoms in total. The molecule has 3 rings (SSSR count). The average Bonchev–Trinajstić information content (AvgIpc) is 3.08. The lowest BCUT2D eigenvalue weighted by Crippen LogP contribution is -2.42. The van der Waals surface area contributed by atoms with Crippen molar-refractivity contribution in [3.05, 3.63) is 35.4 Å². The van der Waals surface area contributed by atoms with E-state index in [0.717, 1.165) is 11.2 Å². The molecule has 1 aromatic rings. The van der Waals surface area contributed by atoms with Gasteiger partial charge >= 0.3 is 0 Å². The van der Waals surface area contributed by atoms with E-state index in [9.17, 15) is 22.8 Å². The van der Waals surface area contributed by atoms with Gasteiger partial charge in [0.15, 0.2) is 9.84 Å². The molecule has 23 heavy (non-hydrogen) atoms. The van der Waals surface area contributed by atoms with Gasteiger partial charge in [0, 0.05) is 19.3 Å². The third-order valence-corrected chi connectivity index (χ3v) is 5.87. The highest BCUT2D eigenvalue weighted by atomic mass is 32.2. The SMILES string of the molecule is CS(=O)(=O)C1CCN(C(=O)CN2C(=O)c3ccccc3C2=O)C1. The molecule has 0 N–H and O–H groups in total. The summed E-state index contributed by atoms with van der Waals surface area (Å²) in [4.78, 5) is 39.1. The molecule has 0 aliphatic carbocycles. The van der Waals surface area contributed by atoms with Gasteiger partial charge in [-0.05, 0) is 18.6 Å². The number of imide groups is 1. The minimum atomic E-state index is -3.20. The van der Waals surface area contributed by atoms with Crippen LogP contribution in [0.4, 0.5) is 0 Å². The molecule has 2 heterocycles. The van der Waals surface area contributed by atoms with Crippen molar-refractivity contribution in [3.8, 4) is 0 Å². The molecule has 0 spiro atoms. The molecular weight excluding hydrogens is 320 g/mol. The van der Waals surface area contributed by atoms with Crippen molar-refractivity contribution >= 4 is 27.6 Å². The van der Waals surface area contributed by atoms with Gasteiger partial charge in [-0.1, -0.05) is 12.1 Å². The Hall–Kier alpha value is -2.22. The van der Waals surface area contributed by atoms with Gasteiger partial charge in [0.1, 0.15) is 6.54 Å². The van der Waals surface area contributed by atoms with Crippen LogP contribution in [-0.4, -0.2) is 67.1 Å². The highest BCUT2D eigenvalue weighted by molar-refractivity contribution is 7.91. The maximum atomic E-state index is 12.3. The molecule has 2 aliphatic heterocycles. The van der Waals surface area contributed by atoms with Crippen LogP contribution in [0.5, 0.6) is 0 Å². The number of likely N-dealkylation sites (tertiary alicyclic amines) is 1. The third-order valence-electron chi connectivity index (χ3n) is 4.27. The fourth-order valence-corrected chi connectivity index (χ4v) is 3.91. The van der Waals surface area contributed by atoms with Crippen molar-refractivity contribution in [1.82, 2.24) is 9.80 Å². The fourth-order valence-electron chi connectivity index (χ4n) is 2.92. The second kappa shape index (κ2) is 5.45. The Morgan fingerprint density at radius 2 is 1.74 bits per heavy atom. The van der Waals surface area contributed by atoms with Crippen LogP contribution in [0.1, 0.15) is 27.1 Å². The molecule has 1 atom stereocenters. The zero-order valence-electron chi connectivity index (χ0n) is 12.6. The Balaban J connectivity index is 1.71. The Bertz CT molecular complexity index is 767. The smallest absolute Gasteiger partial charge is 0.262 e. The second-order valence-corrected chi connectivity index (χ2v) is 8.15. The minimum absolute atomic E-state index is 0.112. The van der Waals surface area contributed by atoms with Gasteiger partial charge in [-0.2, -0.15) is 0 Å². The number of hydrogen-bond donors (Lipinski definition) is 0. The molecule has 0 saturated carbocycles. The first-order valence-corrected chi connectivity index (χ1v) is 9.16. The van der Waals surface area contributed by atoms with E-state index in [-0.39, 0.29) is 13.1 Å². The van der Waals surface area contributed by atoms with Crippen LogP contribution in [0.25, 0.3) is 0 Å². The van der Waals surface area contributed by atoms with Gasteiger partial charge in [0.25, 0.3) is 11.8 Å². The molecule has 2 aliphatic rings. The van der Waals surface area contributed by atoms with E-state index in [1.54, 1.807) is 24.3 Å². The summed E-state index contributed by atoms with van der Waals surface area (Å²) in [5.74, 6) is -1.39. The summed E-state index contributed by atoms with van der Waals surface area (Å²) in [6, 6.07) is 6.42. The third kappa shape index (κ3) is 2.74. The van der Waals surface area contributed by atoms with Gasteiger partial charge in [0.05, 0.1) is 16.4 Å². The van der Waals surface area contributed by atoms with Crippen LogP contribution in [0.3, 0.4) is 0 Å². The first-order valence-electron chi connectivity index (χ1n) is 7.21. The number of sulfone groups is 1. The van der Waals surface area contributed by atoms with Crippen LogP contribution in [0.2, 0.25) is 0 Å². The standard InChI is InChI=1S/C15H16N2O5S/c1-23(21,22)10-6-7-16(8-10)13(18)9-17-14(19)11-4-2-3-5-12(11)15(17)20/h2-5,10H,6-9H2,1H3. The number of rotatable bonds is 3. The number of amides is 3. The zero-order chi connectivity index (χ0) is 16.8. The zero-order valence-corrected chi connectivity index (χ0v) is 13.4. The summed E-state index contributed by atoms with van der Waals surface area (Å²) in [5.41, 5.74) is 0.585. The van der Waals surface area contributed by atoms with Crippen LogP contribution in [-0.2, 0) is 14.6 Å². The maximum absolute atomic E-state index is 12.3. The van der Waals surface area contributed by atoms with Crippen LogP contribution in [0, 0.1) is 0 Å². The van der Waals surface area contributed by atoms with Crippen molar-refractivity contribution in [2.75, 3.05) is 25.9 Å². The average molecular weight is 336 g/mol. The van der Waals surface area contributed by atoms with Gasteiger partial charge < -0.3 is 4.90 Å². The number of hydrogen-bond acceptors (Lipinski definition) is 5. The number of nitrogens with zero attached hydrogens (tertiary/aromatic N) is 2. The van der Waals surface area contributed by atoms with E-state index in [1.807, 2.05) is 0 Å². The maximum Gasteiger partial charge on any atom is 0.262 e. The number of carbonyl (C=O) groups is 3. The number of carbonyl (C=O) groups excluding carboxylic acids is 3. The molecular formula is C15H16N2O5S. The van der Waals surface area contributed by atoms with Crippen LogP contribution in [0.15, 0.2) is 24.3 Å². The molecule has 3 amide bonds. The normalized spacial score (nSPS) is 21.0. The van der Waals surface area contributed by atoms with Crippen molar-refractivity contribution in [2.45, 2.75) is 11.7 Å². The quantitative estimate of drug-likeness (QED) is 0.721. The summed E-state index contributed by atoms with van der Waals surface area (Å²) in [6.07, 6.45) is 1.53. The highest BCUT2D eigenvalue weighted by Gasteiger charge is 2.39. The lowest BCUT2D eigenvalue weighted by Gasteiger charge is -2.20. The number of fused-ring (bicyclic) bond motifs is 1. The van der Waals surface area contributed by atoms with Gasteiger partial charge in [-0.15, -0.1) is 0 Å². The Kier molecular flexibility index (Phi) is 3.71. The van der Waals surface area contributed by atoms with Crippen molar-refractivity contribution < 1.29 is 22.8 Å². The van der Waals surface area contributed by atoms with E-state index in [0.29, 0.717) is 24.1 Å². The first kappa shape index (κ1) is 15.7. The summed E-state index contributed by atoms with van der Waals surface area (Å²) < 4.78 is 23.1. The minimum Gasteiger partial charge on any atom is -0.340 e. The van der Waals surface area contributed by atoms with Crippen LogP contribution >= 0.6 is 0 Å². The fraction of sp³-hybridized carbons (Fsp3) is 0.400. The Morgan fingerprint density at radius 1 is 1.17 bits per heavy atom. The van der Waals surface area contributed by atoms with Crippen molar-refractivity contribution in [3.63, 3.8) is 0 Å². The molecule has 1 unspecified atom stereocenters. The Labute approximate surface area is 133 Å². The van der Waals surface area contributed by atoms with E-state index in [2.05, 4.69) is 0 Å². The van der Waals surface area contributed by atoms with Crippen molar-refractivity contribution in [2.24, 2.45) is 0 Å². The lowest BCUT2D eigenvalue weighted by molar-refractivity contribution is -0.130. The summed E-state index contributed by atoms with van der Waals surface area (Å²) >= 11 is 0. The monoisotopic (exact) mass is 336 g/mol. The number of benzene rings is 1. The summed E-state index contributed by atoms with van der Waals surface area (Å²) in [5, 5.41) is -0.575. The summed E-state index contributed by atoms with van der Waals surface area (Å²) in [6.45, 7) is 0.0728. The van der Waals surface area contributed by atoms with Crippen LogP contribution < -0.4 is 0 Å². The predicted octanol–water partition coefficient (Wildman–Crippen LogP) is -0.0719. The molecule has 122 valence electrons.